The molecule has 0 aromatic heterocycles. The quantitative estimate of drug-likeness (QED) is 0.903. The number of ketones is 1. The predicted molar refractivity (Wildman–Crippen MR) is 68.0 cm³/mol. The highest BCUT2D eigenvalue weighted by Crippen LogP contribution is 2.22. The van der Waals surface area contributed by atoms with E-state index in [1.54, 1.807) is 18.2 Å². The molecule has 1 aromatic carbocycles. The Kier molecular flexibility index (Phi) is 4.78. The summed E-state index contributed by atoms with van der Waals surface area (Å²) in [6, 6.07) is 4.97. The molecule has 1 aromatic rings. The summed E-state index contributed by atoms with van der Waals surface area (Å²) in [7, 11) is 0. The highest BCUT2D eigenvalue weighted by Gasteiger charge is 2.18. The zero-order valence-electron chi connectivity index (χ0n) is 9.34. The first-order chi connectivity index (χ1) is 7.41. The summed E-state index contributed by atoms with van der Waals surface area (Å²) in [5, 5.41) is 1.15. The molecule has 0 spiro atoms. The van der Waals surface area contributed by atoms with E-state index in [0.717, 1.165) is 5.56 Å². The number of Topliss-reactive ketones (excluding diaryl/α,β-unsaturated/α-hetero) is 1. The molecule has 0 aliphatic rings. The molecule has 0 amide bonds. The Morgan fingerprint density at radius 1 is 1.38 bits per heavy atom. The van der Waals surface area contributed by atoms with Gasteiger partial charge in [-0.05, 0) is 30.7 Å². The van der Waals surface area contributed by atoms with Crippen molar-refractivity contribution in [1.29, 1.82) is 0 Å². The number of carbonyl (C=O) groups is 1. The second-order valence-corrected chi connectivity index (χ2v) is 4.87. The van der Waals surface area contributed by atoms with Crippen LogP contribution in [0.2, 0.25) is 10.0 Å². The second-order valence-electron chi connectivity index (χ2n) is 4.03. The second kappa shape index (κ2) is 5.67. The van der Waals surface area contributed by atoms with Gasteiger partial charge in [-0.15, -0.1) is 0 Å². The summed E-state index contributed by atoms with van der Waals surface area (Å²) in [4.78, 5) is 11.8. The van der Waals surface area contributed by atoms with E-state index >= 15 is 0 Å². The minimum Gasteiger partial charge on any atom is -0.327 e. The van der Waals surface area contributed by atoms with Crippen molar-refractivity contribution in [2.45, 2.75) is 26.3 Å². The maximum absolute atomic E-state index is 11.8. The van der Waals surface area contributed by atoms with Crippen LogP contribution in [-0.4, -0.2) is 11.8 Å². The van der Waals surface area contributed by atoms with Gasteiger partial charge in [-0.3, -0.25) is 4.79 Å². The summed E-state index contributed by atoms with van der Waals surface area (Å²) in [5.74, 6) is -0.0887. The molecule has 1 rings (SSSR count). The predicted octanol–water partition coefficient (Wildman–Crippen LogP) is 3.09. The molecule has 4 heteroatoms. The molecule has 2 atom stereocenters. The topological polar surface area (TPSA) is 43.1 Å². The van der Waals surface area contributed by atoms with E-state index in [1.807, 2.05) is 13.8 Å². The molecule has 0 bridgehead atoms. The largest absolute Gasteiger partial charge is 0.327 e. The Bertz CT molecular complexity index is 391. The summed E-state index contributed by atoms with van der Waals surface area (Å²) in [6.45, 7) is 3.65. The molecule has 0 fully saturated rings. The van der Waals surface area contributed by atoms with Crippen molar-refractivity contribution in [2.75, 3.05) is 0 Å². The van der Waals surface area contributed by atoms with Gasteiger partial charge >= 0.3 is 0 Å². The molecule has 16 heavy (non-hydrogen) atoms. The van der Waals surface area contributed by atoms with Gasteiger partial charge in [-0.25, -0.2) is 0 Å². The van der Waals surface area contributed by atoms with Crippen molar-refractivity contribution in [3.63, 3.8) is 0 Å². The molecular weight excluding hydrogens is 245 g/mol. The van der Waals surface area contributed by atoms with Crippen LogP contribution in [0.4, 0.5) is 0 Å². The van der Waals surface area contributed by atoms with Crippen molar-refractivity contribution in [3.8, 4) is 0 Å². The normalized spacial score (nSPS) is 14.6. The molecule has 0 aliphatic carbocycles. The Labute approximate surface area is 106 Å². The van der Waals surface area contributed by atoms with E-state index in [1.165, 1.54) is 0 Å². The van der Waals surface area contributed by atoms with Crippen LogP contribution in [0.1, 0.15) is 19.4 Å². The van der Waals surface area contributed by atoms with Crippen molar-refractivity contribution in [1.82, 2.24) is 0 Å². The van der Waals surface area contributed by atoms with E-state index in [4.69, 9.17) is 28.9 Å². The van der Waals surface area contributed by atoms with Crippen LogP contribution in [0.3, 0.4) is 0 Å². The number of hydrogen-bond acceptors (Lipinski definition) is 2. The number of nitrogens with two attached hydrogens (primary N) is 1. The fourth-order valence-corrected chi connectivity index (χ4v) is 1.70. The summed E-state index contributed by atoms with van der Waals surface area (Å²) >= 11 is 11.8. The Morgan fingerprint density at radius 3 is 2.56 bits per heavy atom. The van der Waals surface area contributed by atoms with E-state index in [2.05, 4.69) is 0 Å². The lowest BCUT2D eigenvalue weighted by Crippen LogP contribution is -2.31. The molecular formula is C12H15Cl2NO. The van der Waals surface area contributed by atoms with Gasteiger partial charge in [0.2, 0.25) is 0 Å². The molecule has 0 saturated carbocycles. The first-order valence-corrected chi connectivity index (χ1v) is 5.89. The molecule has 0 radical (unpaired) electrons. The summed E-state index contributed by atoms with van der Waals surface area (Å²) < 4.78 is 0. The lowest BCUT2D eigenvalue weighted by atomic mass is 9.94. The van der Waals surface area contributed by atoms with Crippen LogP contribution < -0.4 is 5.73 Å². The average molecular weight is 260 g/mol. The maximum Gasteiger partial charge on any atom is 0.141 e. The standard InChI is InChI=1S/C12H15Cl2NO/c1-7(8(2)15)12(16)6-9-5-10(13)3-4-11(9)14/h3-5,7-8H,6,15H2,1-2H3. The number of benzene rings is 1. The zero-order valence-corrected chi connectivity index (χ0v) is 10.8. The van der Waals surface area contributed by atoms with Crippen molar-refractivity contribution in [3.05, 3.63) is 33.8 Å². The van der Waals surface area contributed by atoms with Crippen molar-refractivity contribution in [2.24, 2.45) is 11.7 Å². The third-order valence-electron chi connectivity index (χ3n) is 2.67. The van der Waals surface area contributed by atoms with Crippen LogP contribution in [0.15, 0.2) is 18.2 Å². The lowest BCUT2D eigenvalue weighted by Gasteiger charge is -2.14. The van der Waals surface area contributed by atoms with Gasteiger partial charge in [0, 0.05) is 28.4 Å². The molecule has 2 N–H and O–H groups in total. The summed E-state index contributed by atoms with van der Waals surface area (Å²) in [5.41, 5.74) is 6.43. The van der Waals surface area contributed by atoms with Crippen LogP contribution in [-0.2, 0) is 11.2 Å². The average Bonchev–Trinajstić information content (AvgIpc) is 2.22. The van der Waals surface area contributed by atoms with E-state index in [-0.39, 0.29) is 24.2 Å². The zero-order chi connectivity index (χ0) is 12.3. The fraction of sp³-hybridized carbons (Fsp3) is 0.417. The van der Waals surface area contributed by atoms with E-state index in [9.17, 15) is 4.79 Å². The van der Waals surface area contributed by atoms with Gasteiger partial charge in [0.05, 0.1) is 0 Å². The monoisotopic (exact) mass is 259 g/mol. The van der Waals surface area contributed by atoms with Gasteiger partial charge in [0.15, 0.2) is 0 Å². The van der Waals surface area contributed by atoms with Crippen LogP contribution in [0, 0.1) is 5.92 Å². The first-order valence-electron chi connectivity index (χ1n) is 5.14. The smallest absolute Gasteiger partial charge is 0.141 e. The highest BCUT2D eigenvalue weighted by atomic mass is 35.5. The van der Waals surface area contributed by atoms with E-state index < -0.39 is 0 Å². The number of hydrogen-bond donors (Lipinski definition) is 1. The van der Waals surface area contributed by atoms with Gasteiger partial charge in [0.25, 0.3) is 0 Å². The Morgan fingerprint density at radius 2 is 2.00 bits per heavy atom. The highest BCUT2D eigenvalue weighted by molar-refractivity contribution is 6.33. The number of halogens is 2. The molecule has 0 aliphatic heterocycles. The van der Waals surface area contributed by atoms with Crippen LogP contribution >= 0.6 is 23.2 Å². The van der Waals surface area contributed by atoms with Crippen LogP contribution in [0.5, 0.6) is 0 Å². The van der Waals surface area contributed by atoms with E-state index in [0.29, 0.717) is 10.0 Å². The number of rotatable bonds is 4. The van der Waals surface area contributed by atoms with Crippen molar-refractivity contribution < 1.29 is 4.79 Å². The van der Waals surface area contributed by atoms with Gasteiger partial charge in [0.1, 0.15) is 5.78 Å². The lowest BCUT2D eigenvalue weighted by molar-refractivity contribution is -0.122. The molecule has 2 nitrogen and oxygen atoms in total. The summed E-state index contributed by atoms with van der Waals surface area (Å²) in [6.07, 6.45) is 0.280. The minimum absolute atomic E-state index is 0.0826. The van der Waals surface area contributed by atoms with Crippen LogP contribution in [0.25, 0.3) is 0 Å². The third kappa shape index (κ3) is 3.48. The minimum atomic E-state index is -0.171. The molecule has 88 valence electrons. The first kappa shape index (κ1) is 13.5. The molecule has 2 unspecified atom stereocenters. The van der Waals surface area contributed by atoms with Gasteiger partial charge < -0.3 is 5.73 Å². The number of carbonyl (C=O) groups excluding carboxylic acids is 1. The Balaban J connectivity index is 2.80. The fourth-order valence-electron chi connectivity index (χ4n) is 1.32. The maximum atomic E-state index is 11.8. The van der Waals surface area contributed by atoms with Crippen molar-refractivity contribution >= 4 is 29.0 Å². The third-order valence-corrected chi connectivity index (χ3v) is 3.27. The van der Waals surface area contributed by atoms with Gasteiger partial charge in [-0.2, -0.15) is 0 Å². The SMILES string of the molecule is CC(N)C(C)C(=O)Cc1cc(Cl)ccc1Cl. The Hall–Kier alpha value is -0.570. The van der Waals surface area contributed by atoms with Gasteiger partial charge in [-0.1, -0.05) is 30.1 Å². The molecule has 0 saturated heterocycles. The molecule has 0 heterocycles.